The van der Waals surface area contributed by atoms with Gasteiger partial charge in [0.1, 0.15) is 0 Å². The first-order valence-electron chi connectivity index (χ1n) is 5.72. The van der Waals surface area contributed by atoms with Crippen LogP contribution < -0.4 is 5.69 Å². The van der Waals surface area contributed by atoms with Crippen LogP contribution >= 0.6 is 0 Å². The van der Waals surface area contributed by atoms with Crippen LogP contribution in [-0.2, 0) is 11.3 Å². The number of ether oxygens (including phenoxy) is 1. The zero-order valence-corrected chi connectivity index (χ0v) is 10.9. The summed E-state index contributed by atoms with van der Waals surface area (Å²) < 4.78 is 8.99. The molecule has 16 heavy (non-hydrogen) atoms. The van der Waals surface area contributed by atoms with Crippen molar-refractivity contribution in [3.63, 3.8) is 0 Å². The van der Waals surface area contributed by atoms with E-state index in [4.69, 9.17) is 4.74 Å². The molecule has 0 N–H and O–H groups in total. The van der Waals surface area contributed by atoms with Crippen LogP contribution in [0, 0.1) is 0 Å². The molecule has 0 spiro atoms. The Morgan fingerprint density at radius 1 is 1.31 bits per heavy atom. The minimum Gasteiger partial charge on any atom is -0.374 e. The average Bonchev–Trinajstić information content (AvgIpc) is 2.46. The van der Waals surface area contributed by atoms with Crippen molar-refractivity contribution in [3.05, 3.63) is 22.9 Å². The molecule has 0 amide bonds. The first-order valence-corrected chi connectivity index (χ1v) is 5.72. The van der Waals surface area contributed by atoms with Gasteiger partial charge in [0.15, 0.2) is 0 Å². The molecule has 0 saturated heterocycles. The molecule has 0 aromatic carbocycles. The summed E-state index contributed by atoms with van der Waals surface area (Å²) in [6.07, 6.45) is 3.64. The molecule has 0 aliphatic rings. The van der Waals surface area contributed by atoms with Gasteiger partial charge in [0.2, 0.25) is 0 Å². The topological polar surface area (TPSA) is 36.2 Å². The molecule has 1 rings (SSSR count). The summed E-state index contributed by atoms with van der Waals surface area (Å²) in [5.41, 5.74) is -0.114. The van der Waals surface area contributed by atoms with Crippen molar-refractivity contribution in [1.29, 1.82) is 0 Å². The molecule has 0 bridgehead atoms. The van der Waals surface area contributed by atoms with Crippen LogP contribution in [0.25, 0.3) is 0 Å². The number of rotatable bonds is 4. The fourth-order valence-corrected chi connectivity index (χ4v) is 1.44. The quantitative estimate of drug-likeness (QED) is 0.787. The lowest BCUT2D eigenvalue weighted by Gasteiger charge is -2.19. The van der Waals surface area contributed by atoms with E-state index in [9.17, 15) is 4.79 Å². The van der Waals surface area contributed by atoms with Crippen LogP contribution in [0.2, 0.25) is 0 Å². The summed E-state index contributed by atoms with van der Waals surface area (Å²) in [4.78, 5) is 11.8. The maximum Gasteiger partial charge on any atom is 0.328 e. The van der Waals surface area contributed by atoms with E-state index in [1.165, 1.54) is 0 Å². The van der Waals surface area contributed by atoms with Gasteiger partial charge in [0, 0.05) is 18.4 Å². The predicted molar refractivity (Wildman–Crippen MR) is 64.8 cm³/mol. The number of nitrogens with zero attached hydrogens (tertiary/aromatic N) is 2. The van der Waals surface area contributed by atoms with E-state index in [0.29, 0.717) is 13.2 Å². The Labute approximate surface area is 96.8 Å². The summed E-state index contributed by atoms with van der Waals surface area (Å²) >= 11 is 0. The zero-order valence-electron chi connectivity index (χ0n) is 10.9. The first kappa shape index (κ1) is 13.0. The van der Waals surface area contributed by atoms with Crippen LogP contribution in [0.5, 0.6) is 0 Å². The van der Waals surface area contributed by atoms with E-state index in [0.717, 1.165) is 0 Å². The third-order valence-corrected chi connectivity index (χ3v) is 2.30. The van der Waals surface area contributed by atoms with Crippen molar-refractivity contribution in [1.82, 2.24) is 9.13 Å². The van der Waals surface area contributed by atoms with Gasteiger partial charge in [-0.1, -0.05) is 0 Å². The van der Waals surface area contributed by atoms with Crippen molar-refractivity contribution >= 4 is 0 Å². The normalized spacial score (nSPS) is 12.4. The van der Waals surface area contributed by atoms with Crippen molar-refractivity contribution in [2.45, 2.75) is 52.8 Å². The van der Waals surface area contributed by atoms with Crippen LogP contribution in [0.1, 0.15) is 40.7 Å². The second-order valence-electron chi connectivity index (χ2n) is 5.24. The third kappa shape index (κ3) is 3.52. The van der Waals surface area contributed by atoms with Gasteiger partial charge in [-0.05, 0) is 34.6 Å². The minimum atomic E-state index is -0.149. The molecule has 1 aromatic heterocycles. The van der Waals surface area contributed by atoms with Gasteiger partial charge >= 0.3 is 5.69 Å². The van der Waals surface area contributed by atoms with Crippen molar-refractivity contribution in [2.24, 2.45) is 0 Å². The van der Waals surface area contributed by atoms with Gasteiger partial charge in [-0.2, -0.15) is 0 Å². The molecular weight excluding hydrogens is 204 g/mol. The Morgan fingerprint density at radius 2 is 1.94 bits per heavy atom. The highest BCUT2D eigenvalue weighted by Gasteiger charge is 2.10. The number of hydrogen-bond donors (Lipinski definition) is 0. The van der Waals surface area contributed by atoms with E-state index >= 15 is 0 Å². The van der Waals surface area contributed by atoms with Crippen molar-refractivity contribution in [3.8, 4) is 0 Å². The Kier molecular flexibility index (Phi) is 3.97. The molecule has 0 saturated carbocycles. The molecule has 4 nitrogen and oxygen atoms in total. The first-order chi connectivity index (χ1) is 7.31. The molecule has 92 valence electrons. The van der Waals surface area contributed by atoms with Gasteiger partial charge in [-0.25, -0.2) is 4.79 Å². The Morgan fingerprint density at radius 3 is 2.38 bits per heavy atom. The Bertz CT molecular complexity index is 382. The highest BCUT2D eigenvalue weighted by Crippen LogP contribution is 2.06. The molecule has 0 aliphatic carbocycles. The summed E-state index contributed by atoms with van der Waals surface area (Å²) in [7, 11) is 0. The van der Waals surface area contributed by atoms with Crippen molar-refractivity contribution in [2.75, 3.05) is 6.61 Å². The third-order valence-electron chi connectivity index (χ3n) is 2.30. The van der Waals surface area contributed by atoms with Gasteiger partial charge in [0.05, 0.1) is 18.8 Å². The smallest absolute Gasteiger partial charge is 0.328 e. The van der Waals surface area contributed by atoms with Gasteiger partial charge in [-0.15, -0.1) is 0 Å². The van der Waals surface area contributed by atoms with E-state index in [1.807, 2.05) is 47.0 Å². The average molecular weight is 226 g/mol. The molecule has 0 atom stereocenters. The molecule has 1 aromatic rings. The Hall–Kier alpha value is -1.03. The standard InChI is InChI=1S/C12H22N2O2/c1-10(2)14-7-6-13(11(14)15)8-9-16-12(3,4)5/h6-7,10H,8-9H2,1-5H3. The molecule has 0 aliphatic heterocycles. The number of imidazole rings is 1. The fourth-order valence-electron chi connectivity index (χ4n) is 1.44. The highest BCUT2D eigenvalue weighted by atomic mass is 16.5. The fraction of sp³-hybridized carbons (Fsp3) is 0.750. The summed E-state index contributed by atoms with van der Waals surface area (Å²) in [5.74, 6) is 0. The van der Waals surface area contributed by atoms with Gasteiger partial charge in [0.25, 0.3) is 0 Å². The SMILES string of the molecule is CC(C)n1ccn(CCOC(C)(C)C)c1=O. The molecule has 1 heterocycles. The maximum atomic E-state index is 11.8. The van der Waals surface area contributed by atoms with Crippen molar-refractivity contribution < 1.29 is 4.74 Å². The van der Waals surface area contributed by atoms with E-state index in [1.54, 1.807) is 9.13 Å². The lowest BCUT2D eigenvalue weighted by molar-refractivity contribution is -0.00717. The van der Waals surface area contributed by atoms with Gasteiger partial charge in [-0.3, -0.25) is 9.13 Å². The van der Waals surface area contributed by atoms with E-state index in [-0.39, 0.29) is 17.3 Å². The maximum absolute atomic E-state index is 11.8. The summed E-state index contributed by atoms with van der Waals surface area (Å²) in [5, 5.41) is 0. The summed E-state index contributed by atoms with van der Waals surface area (Å²) in [6, 6.07) is 0.206. The second kappa shape index (κ2) is 4.87. The van der Waals surface area contributed by atoms with E-state index in [2.05, 4.69) is 0 Å². The van der Waals surface area contributed by atoms with Crippen LogP contribution in [0.3, 0.4) is 0 Å². The molecular formula is C12H22N2O2. The molecule has 0 fully saturated rings. The summed E-state index contributed by atoms with van der Waals surface area (Å²) in [6.45, 7) is 11.2. The Balaban J connectivity index is 2.59. The molecule has 4 heteroatoms. The molecule has 0 radical (unpaired) electrons. The highest BCUT2D eigenvalue weighted by molar-refractivity contribution is 4.83. The van der Waals surface area contributed by atoms with Crippen LogP contribution in [0.15, 0.2) is 17.2 Å². The number of aromatic nitrogens is 2. The lowest BCUT2D eigenvalue weighted by atomic mass is 10.2. The van der Waals surface area contributed by atoms with Crippen LogP contribution in [0.4, 0.5) is 0 Å². The molecule has 0 unspecified atom stereocenters. The minimum absolute atomic E-state index is 0.0347. The van der Waals surface area contributed by atoms with Crippen LogP contribution in [-0.4, -0.2) is 21.3 Å². The second-order valence-corrected chi connectivity index (χ2v) is 5.24. The number of hydrogen-bond acceptors (Lipinski definition) is 2. The monoisotopic (exact) mass is 226 g/mol. The van der Waals surface area contributed by atoms with E-state index < -0.39 is 0 Å². The van der Waals surface area contributed by atoms with Gasteiger partial charge < -0.3 is 4.74 Å². The largest absolute Gasteiger partial charge is 0.374 e. The predicted octanol–water partition coefficient (Wildman–Crippen LogP) is 2.05. The zero-order chi connectivity index (χ0) is 12.3. The lowest BCUT2D eigenvalue weighted by Crippen LogP contribution is -2.28.